The summed E-state index contributed by atoms with van der Waals surface area (Å²) in [5.41, 5.74) is 1.33. The number of rotatable bonds is 3. The highest BCUT2D eigenvalue weighted by atomic mass is 16.6. The molecule has 106 valence electrons. The SMILES string of the molecule is CC(C)c1cc(-c2ccc([N+](=O)[O-])cc2)c(C#N)c(=O)[nH]1. The molecule has 21 heavy (non-hydrogen) atoms. The van der Waals surface area contributed by atoms with E-state index in [0.717, 1.165) is 0 Å². The lowest BCUT2D eigenvalue weighted by Gasteiger charge is -2.10. The first-order valence-corrected chi connectivity index (χ1v) is 6.36. The lowest BCUT2D eigenvalue weighted by atomic mass is 9.98. The van der Waals surface area contributed by atoms with E-state index in [1.807, 2.05) is 19.9 Å². The maximum Gasteiger partial charge on any atom is 0.269 e. The van der Waals surface area contributed by atoms with Gasteiger partial charge in [-0.1, -0.05) is 13.8 Å². The van der Waals surface area contributed by atoms with Crippen molar-refractivity contribution in [2.75, 3.05) is 0 Å². The van der Waals surface area contributed by atoms with Crippen molar-refractivity contribution < 1.29 is 4.92 Å². The molecule has 1 aromatic heterocycles. The summed E-state index contributed by atoms with van der Waals surface area (Å²) in [6.45, 7) is 3.86. The van der Waals surface area contributed by atoms with E-state index >= 15 is 0 Å². The number of pyridine rings is 1. The van der Waals surface area contributed by atoms with Gasteiger partial charge in [-0.15, -0.1) is 0 Å². The van der Waals surface area contributed by atoms with Crippen LogP contribution in [0.4, 0.5) is 5.69 Å². The topological polar surface area (TPSA) is 99.8 Å². The molecule has 6 heteroatoms. The molecule has 0 bridgehead atoms. The normalized spacial score (nSPS) is 10.4. The number of nitrogens with zero attached hydrogens (tertiary/aromatic N) is 2. The number of benzene rings is 1. The van der Waals surface area contributed by atoms with Gasteiger partial charge >= 0.3 is 0 Å². The number of hydrogen-bond acceptors (Lipinski definition) is 4. The van der Waals surface area contributed by atoms with Gasteiger partial charge in [0.15, 0.2) is 0 Å². The predicted molar refractivity (Wildman–Crippen MR) is 78.0 cm³/mol. The molecule has 0 amide bonds. The molecule has 0 saturated carbocycles. The first-order valence-electron chi connectivity index (χ1n) is 6.36. The fourth-order valence-electron chi connectivity index (χ4n) is 1.99. The monoisotopic (exact) mass is 283 g/mol. The number of nitriles is 1. The number of nitro benzene ring substituents is 1. The summed E-state index contributed by atoms with van der Waals surface area (Å²) in [6, 6.07) is 9.42. The van der Waals surface area contributed by atoms with E-state index in [4.69, 9.17) is 5.26 Å². The molecule has 0 aliphatic rings. The van der Waals surface area contributed by atoms with Crippen LogP contribution >= 0.6 is 0 Å². The summed E-state index contributed by atoms with van der Waals surface area (Å²) in [7, 11) is 0. The molecule has 0 fully saturated rings. The van der Waals surface area contributed by atoms with Crippen LogP contribution in [0.5, 0.6) is 0 Å². The molecule has 0 aliphatic carbocycles. The summed E-state index contributed by atoms with van der Waals surface area (Å²) >= 11 is 0. The minimum atomic E-state index is -0.494. The number of hydrogen-bond donors (Lipinski definition) is 1. The molecule has 0 unspecified atom stereocenters. The highest BCUT2D eigenvalue weighted by Gasteiger charge is 2.14. The second-order valence-corrected chi connectivity index (χ2v) is 4.91. The Kier molecular flexibility index (Phi) is 3.85. The molecule has 0 saturated heterocycles. The van der Waals surface area contributed by atoms with E-state index in [2.05, 4.69) is 4.98 Å². The second kappa shape index (κ2) is 5.59. The Morgan fingerprint density at radius 2 is 1.90 bits per heavy atom. The van der Waals surface area contributed by atoms with Gasteiger partial charge in [-0.25, -0.2) is 0 Å². The van der Waals surface area contributed by atoms with Crippen LogP contribution in [0.3, 0.4) is 0 Å². The van der Waals surface area contributed by atoms with Crippen LogP contribution in [-0.4, -0.2) is 9.91 Å². The van der Waals surface area contributed by atoms with E-state index in [-0.39, 0.29) is 17.2 Å². The Morgan fingerprint density at radius 3 is 2.38 bits per heavy atom. The van der Waals surface area contributed by atoms with E-state index in [0.29, 0.717) is 16.8 Å². The van der Waals surface area contributed by atoms with Crippen molar-refractivity contribution in [3.8, 4) is 17.2 Å². The standard InChI is InChI=1S/C15H13N3O3/c1-9(2)14-7-12(13(8-16)15(19)17-14)10-3-5-11(6-4-10)18(20)21/h3-7,9H,1-2H3,(H,17,19). The van der Waals surface area contributed by atoms with Gasteiger partial charge in [-0.3, -0.25) is 14.9 Å². The molecule has 1 N–H and O–H groups in total. The van der Waals surface area contributed by atoms with Crippen LogP contribution in [0.25, 0.3) is 11.1 Å². The van der Waals surface area contributed by atoms with Crippen LogP contribution in [-0.2, 0) is 0 Å². The molecule has 2 aromatic rings. The third-order valence-corrected chi connectivity index (χ3v) is 3.18. The summed E-state index contributed by atoms with van der Waals surface area (Å²) in [6.07, 6.45) is 0. The van der Waals surface area contributed by atoms with E-state index in [1.54, 1.807) is 6.07 Å². The van der Waals surface area contributed by atoms with Crippen LogP contribution in [0.15, 0.2) is 35.1 Å². The van der Waals surface area contributed by atoms with Gasteiger partial charge in [-0.05, 0) is 29.7 Å². The zero-order chi connectivity index (χ0) is 15.6. The zero-order valence-electron chi connectivity index (χ0n) is 11.6. The average Bonchev–Trinajstić information content (AvgIpc) is 2.46. The molecule has 6 nitrogen and oxygen atoms in total. The number of non-ortho nitro benzene ring substituents is 1. The Morgan fingerprint density at radius 1 is 1.29 bits per heavy atom. The summed E-state index contributed by atoms with van der Waals surface area (Å²) < 4.78 is 0. The molecule has 0 aliphatic heterocycles. The summed E-state index contributed by atoms with van der Waals surface area (Å²) in [5.74, 6) is 0.0993. The molecular weight excluding hydrogens is 270 g/mol. The van der Waals surface area contributed by atoms with Gasteiger partial charge in [0.1, 0.15) is 11.6 Å². The van der Waals surface area contributed by atoms with E-state index in [9.17, 15) is 14.9 Å². The van der Waals surface area contributed by atoms with Crippen molar-refractivity contribution in [3.63, 3.8) is 0 Å². The fourth-order valence-corrected chi connectivity index (χ4v) is 1.99. The minimum Gasteiger partial charge on any atom is -0.325 e. The van der Waals surface area contributed by atoms with Gasteiger partial charge < -0.3 is 4.98 Å². The average molecular weight is 283 g/mol. The van der Waals surface area contributed by atoms with E-state index in [1.165, 1.54) is 24.3 Å². The van der Waals surface area contributed by atoms with Crippen molar-refractivity contribution in [2.45, 2.75) is 19.8 Å². The summed E-state index contributed by atoms with van der Waals surface area (Å²) in [4.78, 5) is 24.8. The highest BCUT2D eigenvalue weighted by Crippen LogP contribution is 2.26. The van der Waals surface area contributed by atoms with Crippen molar-refractivity contribution >= 4 is 5.69 Å². The molecule has 1 aromatic carbocycles. The van der Waals surface area contributed by atoms with Gasteiger partial charge in [0.25, 0.3) is 11.2 Å². The number of aromatic nitrogens is 1. The lowest BCUT2D eigenvalue weighted by molar-refractivity contribution is -0.384. The predicted octanol–water partition coefficient (Wildman–Crippen LogP) is 2.95. The largest absolute Gasteiger partial charge is 0.325 e. The van der Waals surface area contributed by atoms with Crippen molar-refractivity contribution in [1.29, 1.82) is 5.26 Å². The number of nitrogens with one attached hydrogen (secondary N) is 1. The smallest absolute Gasteiger partial charge is 0.269 e. The molecular formula is C15H13N3O3. The van der Waals surface area contributed by atoms with Crippen LogP contribution in [0, 0.1) is 21.4 Å². The quantitative estimate of drug-likeness (QED) is 0.691. The van der Waals surface area contributed by atoms with Gasteiger partial charge in [0, 0.05) is 23.4 Å². The highest BCUT2D eigenvalue weighted by molar-refractivity contribution is 5.71. The van der Waals surface area contributed by atoms with Crippen LogP contribution < -0.4 is 5.56 Å². The second-order valence-electron chi connectivity index (χ2n) is 4.91. The number of nitro groups is 1. The lowest BCUT2D eigenvalue weighted by Crippen LogP contribution is -2.14. The molecule has 2 rings (SSSR count). The fraction of sp³-hybridized carbons (Fsp3) is 0.200. The van der Waals surface area contributed by atoms with Crippen LogP contribution in [0.2, 0.25) is 0 Å². The Hall–Kier alpha value is -2.94. The third-order valence-electron chi connectivity index (χ3n) is 3.18. The third kappa shape index (κ3) is 2.82. The van der Waals surface area contributed by atoms with Crippen molar-refractivity contribution in [1.82, 2.24) is 4.98 Å². The minimum absolute atomic E-state index is 0.00764. The number of aromatic amines is 1. The maximum absolute atomic E-state index is 12.0. The number of H-pyrrole nitrogens is 1. The Labute approximate surface area is 120 Å². The van der Waals surface area contributed by atoms with Crippen LogP contribution in [0.1, 0.15) is 31.0 Å². The molecule has 1 heterocycles. The molecule has 0 radical (unpaired) electrons. The first kappa shape index (κ1) is 14.5. The Bertz CT molecular complexity index is 783. The zero-order valence-corrected chi connectivity index (χ0v) is 11.6. The molecule has 0 atom stereocenters. The van der Waals surface area contributed by atoms with Crippen molar-refractivity contribution in [2.24, 2.45) is 0 Å². The Balaban J connectivity index is 2.64. The van der Waals surface area contributed by atoms with E-state index < -0.39 is 10.5 Å². The van der Waals surface area contributed by atoms with Gasteiger partial charge in [0.2, 0.25) is 0 Å². The maximum atomic E-state index is 12.0. The first-order chi connectivity index (χ1) is 9.93. The van der Waals surface area contributed by atoms with Crippen molar-refractivity contribution in [3.05, 3.63) is 62.1 Å². The molecule has 0 spiro atoms. The van der Waals surface area contributed by atoms with Gasteiger partial charge in [-0.2, -0.15) is 5.26 Å². The summed E-state index contributed by atoms with van der Waals surface area (Å²) in [5, 5.41) is 19.8. The van der Waals surface area contributed by atoms with Gasteiger partial charge in [0.05, 0.1) is 4.92 Å².